The Bertz CT molecular complexity index is 4680. The fourth-order valence-corrected chi connectivity index (χ4v) is 11.5. The molecule has 0 saturated heterocycles. The number of benzene rings is 11. The molecule has 4 aromatic heterocycles. The van der Waals surface area contributed by atoms with Gasteiger partial charge in [0.1, 0.15) is 0 Å². The summed E-state index contributed by atoms with van der Waals surface area (Å²) in [4.78, 5) is 20.9. The third-order valence-electron chi connectivity index (χ3n) is 14.1. The summed E-state index contributed by atoms with van der Waals surface area (Å²) >= 11 is 5.93. The highest BCUT2D eigenvalue weighted by Crippen LogP contribution is 2.39. The smallest absolute Gasteiger partial charge is 0.235 e. The molecular formula is C66H40BrIN6. The molecule has 0 bridgehead atoms. The highest BCUT2D eigenvalue weighted by Gasteiger charge is 2.21. The maximum absolute atomic E-state index is 5.27. The van der Waals surface area contributed by atoms with Crippen molar-refractivity contribution >= 4 is 125 Å². The number of halogens is 2. The molecule has 0 radical (unpaired) electrons. The van der Waals surface area contributed by atoms with Crippen molar-refractivity contribution in [3.63, 3.8) is 0 Å². The van der Waals surface area contributed by atoms with Gasteiger partial charge in [-0.05, 0) is 111 Å². The van der Waals surface area contributed by atoms with Crippen molar-refractivity contribution < 1.29 is 0 Å². The van der Waals surface area contributed by atoms with Crippen molar-refractivity contribution in [2.24, 2.45) is 0 Å². The summed E-state index contributed by atoms with van der Waals surface area (Å²) in [6.45, 7) is 0. The number of fused-ring (bicyclic) bond motifs is 12. The van der Waals surface area contributed by atoms with Crippen molar-refractivity contribution in [2.45, 2.75) is 0 Å². The second-order valence-electron chi connectivity index (χ2n) is 18.4. The van der Waals surface area contributed by atoms with Gasteiger partial charge in [-0.1, -0.05) is 192 Å². The number of nitrogens with zero attached hydrogens (tertiary/aromatic N) is 6. The molecule has 0 atom stereocenters. The normalized spacial score (nSPS) is 11.6. The van der Waals surface area contributed by atoms with E-state index in [2.05, 4.69) is 278 Å². The molecule has 348 valence electrons. The Morgan fingerprint density at radius 3 is 1.24 bits per heavy atom. The number of hydrogen-bond acceptors (Lipinski definition) is 4. The minimum absolute atomic E-state index is 0.672. The predicted octanol–water partition coefficient (Wildman–Crippen LogP) is 18.1. The summed E-state index contributed by atoms with van der Waals surface area (Å²) in [7, 11) is 0. The summed E-state index contributed by atoms with van der Waals surface area (Å²) in [5.74, 6) is 1.36. The maximum atomic E-state index is 5.27. The number of rotatable bonds is 5. The summed E-state index contributed by atoms with van der Waals surface area (Å²) in [6, 6.07) is 85.1. The zero-order chi connectivity index (χ0) is 49.3. The van der Waals surface area contributed by atoms with Gasteiger partial charge >= 0.3 is 0 Å². The van der Waals surface area contributed by atoms with Crippen LogP contribution >= 0.6 is 38.5 Å². The lowest BCUT2D eigenvalue weighted by atomic mass is 10.0. The molecule has 15 rings (SSSR count). The molecule has 4 heterocycles. The number of para-hydroxylation sites is 2. The van der Waals surface area contributed by atoms with Crippen LogP contribution in [0.2, 0.25) is 0 Å². The highest BCUT2D eigenvalue weighted by molar-refractivity contribution is 14.1. The Morgan fingerprint density at radius 1 is 0.297 bits per heavy atom. The monoisotopic (exact) mass is 1120 g/mol. The molecule has 0 saturated carbocycles. The van der Waals surface area contributed by atoms with Crippen LogP contribution < -0.4 is 0 Å². The van der Waals surface area contributed by atoms with Gasteiger partial charge in [0.15, 0.2) is 0 Å². The van der Waals surface area contributed by atoms with Crippen LogP contribution in [0.5, 0.6) is 0 Å². The van der Waals surface area contributed by atoms with Crippen LogP contribution in [0.1, 0.15) is 0 Å². The van der Waals surface area contributed by atoms with E-state index in [-0.39, 0.29) is 0 Å². The Hall–Kier alpha value is -8.57. The zero-order valence-electron chi connectivity index (χ0n) is 39.5. The Kier molecular flexibility index (Phi) is 10.8. The molecule has 0 aliphatic heterocycles. The van der Waals surface area contributed by atoms with Crippen LogP contribution in [0, 0.1) is 3.57 Å². The van der Waals surface area contributed by atoms with Crippen LogP contribution in [-0.2, 0) is 0 Å². The standard InChI is InChI=1S/C36H22BrN3.C30H18IN3/c37-27-18-14-23(15-19-27)26-17-21-33-31(22-26)29-12-6-7-13-32(29)40(33)36-38-34(25-9-2-1-3-10-25)30-20-16-24-8-4-5-11-28(24)35(30)39-36;31-21-15-17-27-25(18-21)23-12-6-7-13-26(23)34(27)30-32-28(20-9-2-1-3-10-20)24-16-14-19-8-4-5-11-22(19)29(24)33-30/h1-22H;1-18H. The first kappa shape index (κ1) is 44.2. The molecule has 8 heteroatoms. The minimum atomic E-state index is 0.672. The van der Waals surface area contributed by atoms with Gasteiger partial charge in [-0.2, -0.15) is 0 Å². The molecule has 0 amide bonds. The van der Waals surface area contributed by atoms with Gasteiger partial charge in [-0.15, -0.1) is 0 Å². The number of aromatic nitrogens is 6. The quantitative estimate of drug-likeness (QED) is 0.127. The fraction of sp³-hybridized carbons (Fsp3) is 0. The van der Waals surface area contributed by atoms with Gasteiger partial charge in [-0.25, -0.2) is 19.9 Å². The average molecular weight is 1120 g/mol. The molecule has 74 heavy (non-hydrogen) atoms. The van der Waals surface area contributed by atoms with Crippen LogP contribution in [0.3, 0.4) is 0 Å². The van der Waals surface area contributed by atoms with Crippen molar-refractivity contribution in [1.29, 1.82) is 0 Å². The van der Waals surface area contributed by atoms with Crippen molar-refractivity contribution in [3.05, 3.63) is 251 Å². The third-order valence-corrected chi connectivity index (χ3v) is 15.3. The molecule has 0 N–H and O–H groups in total. The molecule has 11 aromatic carbocycles. The first-order chi connectivity index (χ1) is 36.5. The lowest BCUT2D eigenvalue weighted by Gasteiger charge is -2.13. The van der Waals surface area contributed by atoms with Gasteiger partial charge < -0.3 is 0 Å². The van der Waals surface area contributed by atoms with Gasteiger partial charge in [0, 0.05) is 62.3 Å². The van der Waals surface area contributed by atoms with Gasteiger partial charge in [0.2, 0.25) is 11.9 Å². The van der Waals surface area contributed by atoms with Gasteiger partial charge in [0.05, 0.1) is 44.5 Å². The van der Waals surface area contributed by atoms with E-state index in [0.29, 0.717) is 11.9 Å². The van der Waals surface area contributed by atoms with E-state index in [1.54, 1.807) is 0 Å². The van der Waals surface area contributed by atoms with E-state index in [1.807, 2.05) is 12.1 Å². The Labute approximate surface area is 447 Å². The molecule has 0 spiro atoms. The summed E-state index contributed by atoms with van der Waals surface area (Å²) < 4.78 is 6.70. The first-order valence-electron chi connectivity index (χ1n) is 24.5. The highest BCUT2D eigenvalue weighted by atomic mass is 127. The lowest BCUT2D eigenvalue weighted by Crippen LogP contribution is -2.03. The third kappa shape index (κ3) is 7.51. The zero-order valence-corrected chi connectivity index (χ0v) is 43.3. The minimum Gasteiger partial charge on any atom is -0.278 e. The Balaban J connectivity index is 0.000000138. The average Bonchev–Trinajstić information content (AvgIpc) is 3.97. The summed E-state index contributed by atoms with van der Waals surface area (Å²) in [5, 5.41) is 11.5. The SMILES string of the molecule is Brc1ccc(-c2ccc3c(c2)c2ccccc2n3-c2nc(-c3ccccc3)c3ccc4ccccc4c3n2)cc1.Ic1ccc2c(c1)c1ccccc1n2-c1nc(-c2ccccc2)c2ccc3ccccc3c2n1. The van der Waals surface area contributed by atoms with Crippen LogP contribution in [0.25, 0.3) is 133 Å². The molecule has 0 aliphatic carbocycles. The second-order valence-corrected chi connectivity index (χ2v) is 20.6. The van der Waals surface area contributed by atoms with Gasteiger partial charge in [-0.3, -0.25) is 9.13 Å². The van der Waals surface area contributed by atoms with E-state index >= 15 is 0 Å². The molecule has 6 nitrogen and oxygen atoms in total. The molecule has 0 aliphatic rings. The number of hydrogen-bond donors (Lipinski definition) is 0. The second kappa shape index (κ2) is 18.2. The lowest BCUT2D eigenvalue weighted by molar-refractivity contribution is 1.01. The van der Waals surface area contributed by atoms with Crippen molar-refractivity contribution in [3.8, 4) is 45.5 Å². The fourth-order valence-electron chi connectivity index (χ4n) is 10.7. The van der Waals surface area contributed by atoms with Crippen LogP contribution in [0.15, 0.2) is 247 Å². The molecule has 0 unspecified atom stereocenters. The topological polar surface area (TPSA) is 61.4 Å². The predicted molar refractivity (Wildman–Crippen MR) is 319 cm³/mol. The molecule has 15 aromatic rings. The van der Waals surface area contributed by atoms with E-state index in [4.69, 9.17) is 19.9 Å². The summed E-state index contributed by atoms with van der Waals surface area (Å²) in [6.07, 6.45) is 0. The van der Waals surface area contributed by atoms with E-state index < -0.39 is 0 Å². The van der Waals surface area contributed by atoms with Crippen molar-refractivity contribution in [1.82, 2.24) is 29.1 Å². The van der Waals surface area contributed by atoms with Crippen LogP contribution in [-0.4, -0.2) is 29.1 Å². The Morgan fingerprint density at radius 2 is 0.716 bits per heavy atom. The van der Waals surface area contributed by atoms with E-state index in [0.717, 1.165) is 81.6 Å². The summed E-state index contributed by atoms with van der Waals surface area (Å²) in [5.41, 5.74) is 12.7. The molecule has 0 fully saturated rings. The van der Waals surface area contributed by atoms with Crippen molar-refractivity contribution in [2.75, 3.05) is 0 Å². The van der Waals surface area contributed by atoms with Gasteiger partial charge in [0.25, 0.3) is 0 Å². The first-order valence-corrected chi connectivity index (χ1v) is 26.4. The van der Waals surface area contributed by atoms with E-state index in [1.165, 1.54) is 47.0 Å². The maximum Gasteiger partial charge on any atom is 0.235 e. The largest absolute Gasteiger partial charge is 0.278 e. The molecular weight excluding hydrogens is 1080 g/mol. The van der Waals surface area contributed by atoms with Crippen LogP contribution in [0.4, 0.5) is 0 Å². The van der Waals surface area contributed by atoms with E-state index in [9.17, 15) is 0 Å².